The molecule has 6 heteroatoms. The highest BCUT2D eigenvalue weighted by molar-refractivity contribution is 5.80. The van der Waals surface area contributed by atoms with Crippen molar-refractivity contribution in [2.75, 3.05) is 52.9 Å². The molecule has 172 valence electrons. The fourth-order valence-corrected chi connectivity index (χ4v) is 4.28. The van der Waals surface area contributed by atoms with Crippen LogP contribution in [0.3, 0.4) is 0 Å². The van der Waals surface area contributed by atoms with Gasteiger partial charge in [-0.3, -0.25) is 9.59 Å². The van der Waals surface area contributed by atoms with Crippen molar-refractivity contribution in [2.45, 2.75) is 51.9 Å². The van der Waals surface area contributed by atoms with Crippen LogP contribution in [0.4, 0.5) is 0 Å². The Kier molecular flexibility index (Phi) is 7.98. The number of carbonyl (C=O) groups excluding carboxylic acids is 2. The van der Waals surface area contributed by atoms with E-state index in [0.29, 0.717) is 32.5 Å². The van der Waals surface area contributed by atoms with Crippen LogP contribution in [0.2, 0.25) is 0 Å². The number of nitrogens with zero attached hydrogens (tertiary/aromatic N) is 3. The predicted molar refractivity (Wildman–Crippen MR) is 123 cm³/mol. The molecule has 0 N–H and O–H groups in total. The third-order valence-corrected chi connectivity index (χ3v) is 6.54. The first-order chi connectivity index (χ1) is 14.7. The van der Waals surface area contributed by atoms with E-state index in [4.69, 9.17) is 4.74 Å². The van der Waals surface area contributed by atoms with Gasteiger partial charge in [0.15, 0.2) is 0 Å². The summed E-state index contributed by atoms with van der Waals surface area (Å²) >= 11 is 0. The zero-order valence-electron chi connectivity index (χ0n) is 19.7. The van der Waals surface area contributed by atoms with Gasteiger partial charge >= 0.3 is 0 Å². The SMILES string of the molecule is CN1CCN(C(=O)C2CCN(C(=O)CCCOc3ccc(C(C)(C)C)cc3)CC2)CC1. The lowest BCUT2D eigenvalue weighted by Gasteiger charge is -2.37. The van der Waals surface area contributed by atoms with Crippen LogP contribution in [0.1, 0.15) is 52.0 Å². The van der Waals surface area contributed by atoms with Crippen LogP contribution in [0.25, 0.3) is 0 Å². The molecule has 3 rings (SSSR count). The number of carbonyl (C=O) groups is 2. The van der Waals surface area contributed by atoms with Crippen molar-refractivity contribution in [1.29, 1.82) is 0 Å². The summed E-state index contributed by atoms with van der Waals surface area (Å²) in [7, 11) is 2.10. The van der Waals surface area contributed by atoms with Gasteiger partial charge in [0.05, 0.1) is 6.61 Å². The minimum absolute atomic E-state index is 0.0758. The van der Waals surface area contributed by atoms with Crippen molar-refractivity contribution in [3.63, 3.8) is 0 Å². The molecule has 2 heterocycles. The zero-order chi connectivity index (χ0) is 22.4. The Morgan fingerprint density at radius 1 is 0.935 bits per heavy atom. The topological polar surface area (TPSA) is 53.1 Å². The van der Waals surface area contributed by atoms with Crippen LogP contribution < -0.4 is 4.74 Å². The van der Waals surface area contributed by atoms with Gasteiger partial charge in [0, 0.05) is 51.6 Å². The molecule has 0 spiro atoms. The maximum Gasteiger partial charge on any atom is 0.225 e. The molecule has 0 aliphatic carbocycles. The average molecular weight is 430 g/mol. The van der Waals surface area contributed by atoms with E-state index in [1.54, 1.807) is 0 Å². The van der Waals surface area contributed by atoms with Crippen molar-refractivity contribution in [3.05, 3.63) is 29.8 Å². The highest BCUT2D eigenvalue weighted by Gasteiger charge is 2.31. The molecule has 2 saturated heterocycles. The Bertz CT molecular complexity index is 725. The van der Waals surface area contributed by atoms with Gasteiger partial charge in [0.2, 0.25) is 11.8 Å². The molecule has 2 aliphatic heterocycles. The summed E-state index contributed by atoms with van der Waals surface area (Å²) in [4.78, 5) is 31.5. The van der Waals surface area contributed by atoms with Crippen molar-refractivity contribution in [3.8, 4) is 5.75 Å². The number of hydrogen-bond donors (Lipinski definition) is 0. The molecule has 0 radical (unpaired) electrons. The molecule has 0 saturated carbocycles. The average Bonchev–Trinajstić information content (AvgIpc) is 2.76. The Labute approximate surface area is 187 Å². The second-order valence-electron chi connectivity index (χ2n) is 10.0. The number of hydrogen-bond acceptors (Lipinski definition) is 4. The molecule has 6 nitrogen and oxygen atoms in total. The number of likely N-dealkylation sites (tertiary alicyclic amines) is 1. The Morgan fingerprint density at radius 2 is 1.55 bits per heavy atom. The van der Waals surface area contributed by atoms with Gasteiger partial charge in [-0.2, -0.15) is 0 Å². The number of piperazine rings is 1. The first-order valence-corrected chi connectivity index (χ1v) is 11.7. The van der Waals surface area contributed by atoms with Crippen LogP contribution in [0.15, 0.2) is 24.3 Å². The molecule has 2 amide bonds. The summed E-state index contributed by atoms with van der Waals surface area (Å²) in [6.45, 7) is 12.1. The van der Waals surface area contributed by atoms with Gasteiger partial charge in [-0.05, 0) is 49.4 Å². The molecule has 0 atom stereocenters. The molecule has 0 unspecified atom stereocenters. The molecule has 31 heavy (non-hydrogen) atoms. The molecule has 2 fully saturated rings. The van der Waals surface area contributed by atoms with E-state index in [-0.39, 0.29) is 23.1 Å². The summed E-state index contributed by atoms with van der Waals surface area (Å²) in [6, 6.07) is 8.22. The summed E-state index contributed by atoms with van der Waals surface area (Å²) in [6.07, 6.45) is 2.78. The van der Waals surface area contributed by atoms with E-state index >= 15 is 0 Å². The highest BCUT2D eigenvalue weighted by atomic mass is 16.5. The fourth-order valence-electron chi connectivity index (χ4n) is 4.28. The Balaban J connectivity index is 1.33. The Hall–Kier alpha value is -2.08. The van der Waals surface area contributed by atoms with Crippen LogP contribution >= 0.6 is 0 Å². The molecular formula is C25H39N3O3. The molecule has 1 aromatic rings. The smallest absolute Gasteiger partial charge is 0.225 e. The third-order valence-electron chi connectivity index (χ3n) is 6.54. The predicted octanol–water partition coefficient (Wildman–Crippen LogP) is 3.16. The largest absolute Gasteiger partial charge is 0.494 e. The van der Waals surface area contributed by atoms with Gasteiger partial charge in [-0.1, -0.05) is 32.9 Å². The molecular weight excluding hydrogens is 390 g/mol. The summed E-state index contributed by atoms with van der Waals surface area (Å²) < 4.78 is 5.81. The summed E-state index contributed by atoms with van der Waals surface area (Å²) in [5, 5.41) is 0. The van der Waals surface area contributed by atoms with Crippen molar-refractivity contribution in [2.24, 2.45) is 5.92 Å². The van der Waals surface area contributed by atoms with Gasteiger partial charge in [-0.15, -0.1) is 0 Å². The van der Waals surface area contributed by atoms with E-state index in [1.807, 2.05) is 21.9 Å². The number of likely N-dealkylation sites (N-methyl/N-ethyl adjacent to an activating group) is 1. The quantitative estimate of drug-likeness (QED) is 0.652. The number of amides is 2. The van der Waals surface area contributed by atoms with Gasteiger partial charge < -0.3 is 19.4 Å². The van der Waals surface area contributed by atoms with E-state index in [1.165, 1.54) is 5.56 Å². The normalized spacial score (nSPS) is 18.8. The zero-order valence-corrected chi connectivity index (χ0v) is 19.7. The van der Waals surface area contributed by atoms with Crippen molar-refractivity contribution < 1.29 is 14.3 Å². The lowest BCUT2D eigenvalue weighted by atomic mass is 9.87. The first-order valence-electron chi connectivity index (χ1n) is 11.7. The summed E-state index contributed by atoms with van der Waals surface area (Å²) in [5.74, 6) is 1.39. The third kappa shape index (κ3) is 6.70. The minimum atomic E-state index is 0.0758. The van der Waals surface area contributed by atoms with Crippen molar-refractivity contribution >= 4 is 11.8 Å². The van der Waals surface area contributed by atoms with E-state index in [0.717, 1.165) is 44.8 Å². The molecule has 1 aromatic carbocycles. The molecule has 0 aromatic heterocycles. The van der Waals surface area contributed by atoms with Crippen LogP contribution in [-0.2, 0) is 15.0 Å². The molecule has 2 aliphatic rings. The molecule has 0 bridgehead atoms. The Morgan fingerprint density at radius 3 is 2.13 bits per heavy atom. The number of benzene rings is 1. The van der Waals surface area contributed by atoms with Crippen LogP contribution in [-0.4, -0.2) is 79.4 Å². The number of ether oxygens (including phenoxy) is 1. The number of rotatable bonds is 6. The van der Waals surface area contributed by atoms with Crippen LogP contribution in [0.5, 0.6) is 5.75 Å². The van der Waals surface area contributed by atoms with E-state index in [9.17, 15) is 9.59 Å². The lowest BCUT2D eigenvalue weighted by Crippen LogP contribution is -2.51. The maximum absolute atomic E-state index is 12.7. The fraction of sp³-hybridized carbons (Fsp3) is 0.680. The second kappa shape index (κ2) is 10.5. The monoisotopic (exact) mass is 429 g/mol. The van der Waals surface area contributed by atoms with Gasteiger partial charge in [0.25, 0.3) is 0 Å². The van der Waals surface area contributed by atoms with Crippen LogP contribution in [0, 0.1) is 5.92 Å². The number of piperidine rings is 1. The summed E-state index contributed by atoms with van der Waals surface area (Å²) in [5.41, 5.74) is 1.41. The van der Waals surface area contributed by atoms with E-state index in [2.05, 4.69) is 44.9 Å². The maximum atomic E-state index is 12.7. The minimum Gasteiger partial charge on any atom is -0.494 e. The highest BCUT2D eigenvalue weighted by Crippen LogP contribution is 2.24. The van der Waals surface area contributed by atoms with Gasteiger partial charge in [0.1, 0.15) is 5.75 Å². The first kappa shape index (κ1) is 23.6. The van der Waals surface area contributed by atoms with E-state index < -0.39 is 0 Å². The van der Waals surface area contributed by atoms with Gasteiger partial charge in [-0.25, -0.2) is 0 Å². The lowest BCUT2D eigenvalue weighted by molar-refractivity contribution is -0.142. The second-order valence-corrected chi connectivity index (χ2v) is 10.0. The standard InChI is InChI=1S/C25H39N3O3/c1-25(2,3)21-7-9-22(10-8-21)31-19-5-6-23(29)27-13-11-20(12-14-27)24(30)28-17-15-26(4)16-18-28/h7-10,20H,5-6,11-19H2,1-4H3. The van der Waals surface area contributed by atoms with Crippen molar-refractivity contribution in [1.82, 2.24) is 14.7 Å².